The van der Waals surface area contributed by atoms with Crippen molar-refractivity contribution in [2.24, 2.45) is 0 Å². The molecule has 2 heterocycles. The van der Waals surface area contributed by atoms with Gasteiger partial charge in [-0.05, 0) is 26.1 Å². The number of nitrogens with one attached hydrogen (secondary N) is 1. The monoisotopic (exact) mass is 239 g/mol. The third-order valence-electron chi connectivity index (χ3n) is 2.27. The molecule has 0 aliphatic carbocycles. The smallest absolute Gasteiger partial charge is 0.125 e. The SMILES string of the molecule is CNCc1ccc(Cn2cc(Cl)c(C)n2)o1. The molecule has 0 spiro atoms. The Kier molecular flexibility index (Phi) is 3.31. The van der Waals surface area contributed by atoms with Crippen LogP contribution in [0.25, 0.3) is 0 Å². The molecular formula is C11H14ClN3O. The van der Waals surface area contributed by atoms with Crippen molar-refractivity contribution >= 4 is 11.6 Å². The van der Waals surface area contributed by atoms with E-state index in [0.717, 1.165) is 23.8 Å². The highest BCUT2D eigenvalue weighted by atomic mass is 35.5. The summed E-state index contributed by atoms with van der Waals surface area (Å²) in [6.45, 7) is 3.23. The van der Waals surface area contributed by atoms with Gasteiger partial charge in [-0.3, -0.25) is 4.68 Å². The van der Waals surface area contributed by atoms with Gasteiger partial charge in [-0.25, -0.2) is 0 Å². The van der Waals surface area contributed by atoms with E-state index >= 15 is 0 Å². The molecule has 2 rings (SSSR count). The average molecular weight is 240 g/mol. The van der Waals surface area contributed by atoms with Crippen molar-refractivity contribution < 1.29 is 4.42 Å². The number of halogens is 1. The third-order valence-corrected chi connectivity index (χ3v) is 2.64. The molecule has 0 unspecified atom stereocenters. The summed E-state index contributed by atoms with van der Waals surface area (Å²) in [5.41, 5.74) is 0.837. The Morgan fingerprint density at radius 1 is 1.44 bits per heavy atom. The molecule has 0 aromatic carbocycles. The average Bonchev–Trinajstić information content (AvgIpc) is 2.77. The fourth-order valence-corrected chi connectivity index (χ4v) is 1.66. The van der Waals surface area contributed by atoms with Gasteiger partial charge < -0.3 is 9.73 Å². The molecule has 0 aliphatic heterocycles. The van der Waals surface area contributed by atoms with Crippen LogP contribution in [0.5, 0.6) is 0 Å². The minimum absolute atomic E-state index is 0.608. The van der Waals surface area contributed by atoms with E-state index in [1.54, 1.807) is 10.9 Å². The largest absolute Gasteiger partial charge is 0.463 e. The van der Waals surface area contributed by atoms with E-state index < -0.39 is 0 Å². The molecule has 0 fully saturated rings. The van der Waals surface area contributed by atoms with Gasteiger partial charge >= 0.3 is 0 Å². The van der Waals surface area contributed by atoms with Crippen molar-refractivity contribution in [1.82, 2.24) is 15.1 Å². The first-order valence-electron chi connectivity index (χ1n) is 5.11. The van der Waals surface area contributed by atoms with Gasteiger partial charge in [0.1, 0.15) is 11.5 Å². The molecule has 2 aromatic rings. The van der Waals surface area contributed by atoms with E-state index in [2.05, 4.69) is 10.4 Å². The van der Waals surface area contributed by atoms with Crippen LogP contribution in [0, 0.1) is 6.92 Å². The first-order valence-corrected chi connectivity index (χ1v) is 5.48. The molecule has 0 radical (unpaired) electrons. The van der Waals surface area contributed by atoms with Gasteiger partial charge in [0.2, 0.25) is 0 Å². The van der Waals surface area contributed by atoms with Crippen LogP contribution in [-0.4, -0.2) is 16.8 Å². The summed E-state index contributed by atoms with van der Waals surface area (Å²) in [5.74, 6) is 1.80. The number of nitrogens with zero attached hydrogens (tertiary/aromatic N) is 2. The van der Waals surface area contributed by atoms with E-state index in [4.69, 9.17) is 16.0 Å². The number of aryl methyl sites for hydroxylation is 1. The van der Waals surface area contributed by atoms with Crippen LogP contribution in [0.2, 0.25) is 5.02 Å². The van der Waals surface area contributed by atoms with Gasteiger partial charge in [0, 0.05) is 6.20 Å². The van der Waals surface area contributed by atoms with Gasteiger partial charge in [0.25, 0.3) is 0 Å². The Morgan fingerprint density at radius 3 is 2.81 bits per heavy atom. The Labute approximate surface area is 99.2 Å². The lowest BCUT2D eigenvalue weighted by molar-refractivity contribution is 0.436. The number of furan rings is 1. The second kappa shape index (κ2) is 4.72. The Balaban J connectivity index is 2.08. The molecule has 2 aromatic heterocycles. The van der Waals surface area contributed by atoms with Gasteiger partial charge in [-0.2, -0.15) is 5.10 Å². The van der Waals surface area contributed by atoms with Gasteiger partial charge in [-0.15, -0.1) is 0 Å². The normalized spacial score (nSPS) is 10.9. The minimum atomic E-state index is 0.608. The van der Waals surface area contributed by atoms with Crippen molar-refractivity contribution in [3.8, 4) is 0 Å². The first kappa shape index (κ1) is 11.2. The van der Waals surface area contributed by atoms with Crippen molar-refractivity contribution in [2.45, 2.75) is 20.0 Å². The first-order chi connectivity index (χ1) is 7.69. The molecule has 0 bridgehead atoms. The summed E-state index contributed by atoms with van der Waals surface area (Å²) >= 11 is 5.93. The van der Waals surface area contributed by atoms with Gasteiger partial charge in [0.15, 0.2) is 0 Å². The highest BCUT2D eigenvalue weighted by Gasteiger charge is 2.05. The van der Waals surface area contributed by atoms with Crippen LogP contribution in [0.15, 0.2) is 22.7 Å². The van der Waals surface area contributed by atoms with E-state index in [1.165, 1.54) is 0 Å². The summed E-state index contributed by atoms with van der Waals surface area (Å²) in [4.78, 5) is 0. The van der Waals surface area contributed by atoms with Crippen molar-refractivity contribution in [3.05, 3.63) is 40.6 Å². The number of aromatic nitrogens is 2. The molecule has 16 heavy (non-hydrogen) atoms. The predicted molar refractivity (Wildman–Crippen MR) is 62.5 cm³/mol. The number of hydrogen-bond acceptors (Lipinski definition) is 3. The van der Waals surface area contributed by atoms with E-state index in [1.807, 2.05) is 26.1 Å². The molecule has 0 saturated heterocycles. The fraction of sp³-hybridized carbons (Fsp3) is 0.364. The van der Waals surface area contributed by atoms with Crippen LogP contribution in [-0.2, 0) is 13.1 Å². The molecule has 86 valence electrons. The molecule has 0 saturated carbocycles. The van der Waals surface area contributed by atoms with Crippen LogP contribution < -0.4 is 5.32 Å². The summed E-state index contributed by atoms with van der Waals surface area (Å²) < 4.78 is 7.39. The zero-order valence-corrected chi connectivity index (χ0v) is 10.1. The molecule has 0 aliphatic rings. The highest BCUT2D eigenvalue weighted by molar-refractivity contribution is 6.31. The van der Waals surface area contributed by atoms with Crippen molar-refractivity contribution in [3.63, 3.8) is 0 Å². The highest BCUT2D eigenvalue weighted by Crippen LogP contribution is 2.14. The molecule has 5 heteroatoms. The summed E-state index contributed by atoms with van der Waals surface area (Å²) in [6.07, 6.45) is 1.80. The van der Waals surface area contributed by atoms with Crippen LogP contribution in [0.3, 0.4) is 0 Å². The summed E-state index contributed by atoms with van der Waals surface area (Å²) in [5, 5.41) is 7.99. The second-order valence-electron chi connectivity index (χ2n) is 3.66. The predicted octanol–water partition coefficient (Wildman–Crippen LogP) is 2.21. The van der Waals surface area contributed by atoms with E-state index in [0.29, 0.717) is 11.6 Å². The molecule has 1 N–H and O–H groups in total. The van der Waals surface area contributed by atoms with Gasteiger partial charge in [0.05, 0.1) is 23.8 Å². The Morgan fingerprint density at radius 2 is 2.19 bits per heavy atom. The molecule has 0 amide bonds. The minimum Gasteiger partial charge on any atom is -0.463 e. The maximum Gasteiger partial charge on any atom is 0.125 e. The number of rotatable bonds is 4. The summed E-state index contributed by atoms with van der Waals surface area (Å²) in [6, 6.07) is 3.92. The quantitative estimate of drug-likeness (QED) is 0.890. The summed E-state index contributed by atoms with van der Waals surface area (Å²) in [7, 11) is 1.89. The van der Waals surface area contributed by atoms with Crippen molar-refractivity contribution in [2.75, 3.05) is 7.05 Å². The van der Waals surface area contributed by atoms with Crippen LogP contribution in [0.1, 0.15) is 17.2 Å². The standard InChI is InChI=1S/C11H14ClN3O/c1-8-11(12)7-15(14-8)6-10-4-3-9(16-10)5-13-2/h3-4,7,13H,5-6H2,1-2H3. The van der Waals surface area contributed by atoms with Crippen LogP contribution in [0.4, 0.5) is 0 Å². The maximum atomic E-state index is 5.93. The lowest BCUT2D eigenvalue weighted by Gasteiger charge is -1.97. The molecule has 0 atom stereocenters. The van der Waals surface area contributed by atoms with E-state index in [9.17, 15) is 0 Å². The zero-order valence-electron chi connectivity index (χ0n) is 9.33. The number of hydrogen-bond donors (Lipinski definition) is 1. The Bertz CT molecular complexity index is 456. The van der Waals surface area contributed by atoms with Crippen molar-refractivity contribution in [1.29, 1.82) is 0 Å². The van der Waals surface area contributed by atoms with Crippen LogP contribution >= 0.6 is 11.6 Å². The lowest BCUT2D eigenvalue weighted by Crippen LogP contribution is -2.03. The molecular weight excluding hydrogens is 226 g/mol. The maximum absolute atomic E-state index is 5.93. The molecule has 4 nitrogen and oxygen atoms in total. The fourth-order valence-electron chi connectivity index (χ4n) is 1.51. The zero-order chi connectivity index (χ0) is 11.5. The topological polar surface area (TPSA) is 43.0 Å². The lowest BCUT2D eigenvalue weighted by atomic mass is 10.4. The van der Waals surface area contributed by atoms with E-state index in [-0.39, 0.29) is 0 Å². The van der Waals surface area contributed by atoms with Gasteiger partial charge in [-0.1, -0.05) is 11.6 Å². The third kappa shape index (κ3) is 2.46. The second-order valence-corrected chi connectivity index (χ2v) is 4.07. The Hall–Kier alpha value is -1.26.